The van der Waals surface area contributed by atoms with E-state index >= 15 is 0 Å². The molecule has 82 valence electrons. The van der Waals surface area contributed by atoms with E-state index < -0.39 is 11.9 Å². The fraction of sp³-hybridized carbons (Fsp3) is 0.778. The molecular weight excluding hydrogens is 186 g/mol. The van der Waals surface area contributed by atoms with Crippen molar-refractivity contribution in [2.45, 2.75) is 26.8 Å². The van der Waals surface area contributed by atoms with Crippen LogP contribution < -0.4 is 5.32 Å². The van der Waals surface area contributed by atoms with Gasteiger partial charge in [-0.05, 0) is 13.0 Å². The lowest BCUT2D eigenvalue weighted by molar-refractivity contribution is -0.167. The maximum absolute atomic E-state index is 11.3. The predicted octanol–water partition coefficient (Wildman–Crippen LogP) is 0.294. The first-order chi connectivity index (χ1) is 6.49. The average Bonchev–Trinajstić information content (AvgIpc) is 2.03. The highest BCUT2D eigenvalue weighted by Crippen LogP contribution is 2.02. The largest absolute Gasteiger partial charge is 0.428 e. The maximum Gasteiger partial charge on any atom is 0.326 e. The van der Waals surface area contributed by atoms with Gasteiger partial charge in [0.2, 0.25) is 6.79 Å². The molecule has 0 saturated carbocycles. The molecule has 0 radical (unpaired) electrons. The summed E-state index contributed by atoms with van der Waals surface area (Å²) >= 11 is 0. The standard InChI is InChI=1S/C9H17NO4/c1-6(2)8(10-4)9(12)14-5-13-7(3)11/h6,8,10H,5H2,1-4H3. The molecule has 0 aliphatic rings. The Labute approximate surface area is 83.8 Å². The van der Waals surface area contributed by atoms with Gasteiger partial charge in [-0.3, -0.25) is 9.59 Å². The van der Waals surface area contributed by atoms with E-state index in [2.05, 4.69) is 10.1 Å². The summed E-state index contributed by atoms with van der Waals surface area (Å²) in [6, 6.07) is -0.370. The van der Waals surface area contributed by atoms with Crippen molar-refractivity contribution in [2.75, 3.05) is 13.8 Å². The van der Waals surface area contributed by atoms with Crippen LogP contribution in [0, 0.1) is 5.92 Å². The van der Waals surface area contributed by atoms with Gasteiger partial charge >= 0.3 is 11.9 Å². The van der Waals surface area contributed by atoms with Crippen molar-refractivity contribution < 1.29 is 19.1 Å². The van der Waals surface area contributed by atoms with Gasteiger partial charge in [0.25, 0.3) is 0 Å². The Morgan fingerprint density at radius 2 is 1.86 bits per heavy atom. The van der Waals surface area contributed by atoms with Gasteiger partial charge in [0.05, 0.1) is 0 Å². The highest BCUT2D eigenvalue weighted by molar-refractivity contribution is 5.76. The molecular formula is C9H17NO4. The topological polar surface area (TPSA) is 64.6 Å². The van der Waals surface area contributed by atoms with Crippen LogP contribution in [0.4, 0.5) is 0 Å². The Balaban J connectivity index is 3.87. The molecule has 1 N–H and O–H groups in total. The number of hydrogen-bond donors (Lipinski definition) is 1. The Morgan fingerprint density at radius 3 is 2.21 bits per heavy atom. The number of hydrogen-bond acceptors (Lipinski definition) is 5. The third kappa shape index (κ3) is 4.81. The molecule has 0 amide bonds. The number of esters is 2. The van der Waals surface area contributed by atoms with E-state index in [1.807, 2.05) is 13.8 Å². The minimum absolute atomic E-state index is 0.129. The summed E-state index contributed by atoms with van der Waals surface area (Å²) in [6.07, 6.45) is 0. The van der Waals surface area contributed by atoms with Crippen molar-refractivity contribution in [3.8, 4) is 0 Å². The van der Waals surface area contributed by atoms with Gasteiger partial charge in [-0.15, -0.1) is 0 Å². The molecule has 0 spiro atoms. The van der Waals surface area contributed by atoms with Crippen LogP contribution in [0.2, 0.25) is 0 Å². The minimum Gasteiger partial charge on any atom is -0.428 e. The van der Waals surface area contributed by atoms with Crippen LogP contribution in [0.3, 0.4) is 0 Å². The van der Waals surface area contributed by atoms with Gasteiger partial charge in [-0.2, -0.15) is 0 Å². The zero-order chi connectivity index (χ0) is 11.1. The monoisotopic (exact) mass is 203 g/mol. The molecule has 0 aromatic carbocycles. The molecule has 0 rings (SSSR count). The zero-order valence-electron chi connectivity index (χ0n) is 8.99. The molecule has 0 aromatic rings. The molecule has 0 saturated heterocycles. The summed E-state index contributed by atoms with van der Waals surface area (Å²) in [4.78, 5) is 21.7. The molecule has 0 aliphatic heterocycles. The third-order valence-electron chi connectivity index (χ3n) is 1.69. The molecule has 5 nitrogen and oxygen atoms in total. The highest BCUT2D eigenvalue weighted by atomic mass is 16.7. The average molecular weight is 203 g/mol. The highest BCUT2D eigenvalue weighted by Gasteiger charge is 2.21. The summed E-state index contributed by atoms with van der Waals surface area (Å²) in [5.74, 6) is -0.753. The van der Waals surface area contributed by atoms with E-state index in [9.17, 15) is 9.59 Å². The van der Waals surface area contributed by atoms with E-state index in [1.54, 1.807) is 7.05 Å². The van der Waals surface area contributed by atoms with Crippen molar-refractivity contribution >= 4 is 11.9 Å². The van der Waals surface area contributed by atoms with Gasteiger partial charge in [-0.25, -0.2) is 0 Å². The van der Waals surface area contributed by atoms with Crippen LogP contribution in [0.5, 0.6) is 0 Å². The fourth-order valence-electron chi connectivity index (χ4n) is 0.984. The molecule has 0 fully saturated rings. The third-order valence-corrected chi connectivity index (χ3v) is 1.69. The van der Waals surface area contributed by atoms with Crippen molar-refractivity contribution in [3.63, 3.8) is 0 Å². The number of ether oxygens (including phenoxy) is 2. The Bertz CT molecular complexity index is 203. The second-order valence-electron chi connectivity index (χ2n) is 3.23. The van der Waals surface area contributed by atoms with Crippen LogP contribution in [0.1, 0.15) is 20.8 Å². The fourth-order valence-corrected chi connectivity index (χ4v) is 0.984. The van der Waals surface area contributed by atoms with Crippen molar-refractivity contribution in [1.29, 1.82) is 0 Å². The van der Waals surface area contributed by atoms with Crippen LogP contribution in [0.25, 0.3) is 0 Å². The van der Waals surface area contributed by atoms with Gasteiger partial charge in [0.1, 0.15) is 6.04 Å². The molecule has 5 heteroatoms. The lowest BCUT2D eigenvalue weighted by atomic mass is 10.1. The lowest BCUT2D eigenvalue weighted by Gasteiger charge is -2.17. The summed E-state index contributed by atoms with van der Waals surface area (Å²) in [5, 5.41) is 2.82. The molecule has 0 aromatic heterocycles. The molecule has 1 unspecified atom stereocenters. The minimum atomic E-state index is -0.469. The number of carbonyl (C=O) groups is 2. The molecule has 0 heterocycles. The van der Waals surface area contributed by atoms with E-state index in [0.717, 1.165) is 0 Å². The Hall–Kier alpha value is -1.10. The van der Waals surface area contributed by atoms with Crippen molar-refractivity contribution in [2.24, 2.45) is 5.92 Å². The second kappa shape index (κ2) is 6.37. The first kappa shape index (κ1) is 12.9. The molecule has 0 aliphatic carbocycles. The maximum atomic E-state index is 11.3. The lowest BCUT2D eigenvalue weighted by Crippen LogP contribution is -2.40. The predicted molar refractivity (Wildman–Crippen MR) is 50.4 cm³/mol. The van der Waals surface area contributed by atoms with Gasteiger partial charge in [0, 0.05) is 6.92 Å². The van der Waals surface area contributed by atoms with Crippen molar-refractivity contribution in [1.82, 2.24) is 5.32 Å². The normalized spacial score (nSPS) is 12.4. The molecule has 14 heavy (non-hydrogen) atoms. The van der Waals surface area contributed by atoms with E-state index in [-0.39, 0.29) is 18.8 Å². The first-order valence-electron chi connectivity index (χ1n) is 4.46. The smallest absolute Gasteiger partial charge is 0.326 e. The van der Waals surface area contributed by atoms with E-state index in [4.69, 9.17) is 4.74 Å². The second-order valence-corrected chi connectivity index (χ2v) is 3.23. The van der Waals surface area contributed by atoms with Gasteiger partial charge in [0.15, 0.2) is 0 Å². The Kier molecular flexibility index (Phi) is 5.87. The van der Waals surface area contributed by atoms with Gasteiger partial charge < -0.3 is 14.8 Å². The molecule has 1 atom stereocenters. The summed E-state index contributed by atoms with van der Waals surface area (Å²) in [7, 11) is 1.68. The quantitative estimate of drug-likeness (QED) is 0.514. The SMILES string of the molecule is CNC(C(=O)OCOC(C)=O)C(C)C. The number of rotatable bonds is 5. The van der Waals surface area contributed by atoms with E-state index in [0.29, 0.717) is 0 Å². The van der Waals surface area contributed by atoms with Crippen LogP contribution >= 0.6 is 0 Å². The Morgan fingerprint density at radius 1 is 1.29 bits per heavy atom. The van der Waals surface area contributed by atoms with Crippen LogP contribution in [-0.2, 0) is 19.1 Å². The summed E-state index contributed by atoms with van der Waals surface area (Å²) in [5.41, 5.74) is 0. The number of carbonyl (C=O) groups excluding carboxylic acids is 2. The number of nitrogens with one attached hydrogen (secondary N) is 1. The summed E-state index contributed by atoms with van der Waals surface area (Å²) in [6.45, 7) is 4.73. The van der Waals surface area contributed by atoms with Crippen molar-refractivity contribution in [3.05, 3.63) is 0 Å². The molecule has 0 bridgehead atoms. The first-order valence-corrected chi connectivity index (χ1v) is 4.46. The van der Waals surface area contributed by atoms with Gasteiger partial charge in [-0.1, -0.05) is 13.8 Å². The zero-order valence-corrected chi connectivity index (χ0v) is 8.99. The number of likely N-dealkylation sites (N-methyl/N-ethyl adjacent to an activating group) is 1. The summed E-state index contributed by atoms with van der Waals surface area (Å²) < 4.78 is 9.20. The van der Waals surface area contributed by atoms with Crippen LogP contribution in [-0.4, -0.2) is 31.8 Å². The van der Waals surface area contributed by atoms with E-state index in [1.165, 1.54) is 6.92 Å². The van der Waals surface area contributed by atoms with Crippen LogP contribution in [0.15, 0.2) is 0 Å².